The third-order valence-electron chi connectivity index (χ3n) is 4.47. The first-order valence-electron chi connectivity index (χ1n) is 9.23. The van der Waals surface area contributed by atoms with Crippen LogP contribution >= 0.6 is 0 Å². The van der Waals surface area contributed by atoms with Gasteiger partial charge in [0.15, 0.2) is 0 Å². The van der Waals surface area contributed by atoms with E-state index >= 15 is 0 Å². The highest BCUT2D eigenvalue weighted by atomic mass is 16.5. The molecule has 0 spiro atoms. The van der Waals surface area contributed by atoms with E-state index in [2.05, 4.69) is 42.7 Å². The Labute approximate surface area is 161 Å². The average Bonchev–Trinajstić information content (AvgIpc) is 2.66. The highest BCUT2D eigenvalue weighted by molar-refractivity contribution is 6.03. The second kappa shape index (κ2) is 10.5. The third-order valence-corrected chi connectivity index (χ3v) is 4.47. The van der Waals surface area contributed by atoms with Gasteiger partial charge in [-0.2, -0.15) is 0 Å². The number of benzene rings is 2. The summed E-state index contributed by atoms with van der Waals surface area (Å²) in [5, 5.41) is 5.71. The minimum Gasteiger partial charge on any atom is -0.385 e. The van der Waals surface area contributed by atoms with Gasteiger partial charge in [-0.05, 0) is 55.5 Å². The van der Waals surface area contributed by atoms with Crippen LogP contribution in [-0.4, -0.2) is 32.1 Å². The van der Waals surface area contributed by atoms with Crippen LogP contribution < -0.4 is 10.6 Å². The van der Waals surface area contributed by atoms with E-state index in [1.165, 1.54) is 11.1 Å². The summed E-state index contributed by atoms with van der Waals surface area (Å²) in [4.78, 5) is 24.7. The zero-order valence-corrected chi connectivity index (χ0v) is 16.3. The van der Waals surface area contributed by atoms with Crippen LogP contribution in [0, 0.1) is 13.8 Å². The summed E-state index contributed by atoms with van der Waals surface area (Å²) in [6, 6.07) is 13.3. The van der Waals surface area contributed by atoms with Gasteiger partial charge < -0.3 is 15.4 Å². The highest BCUT2D eigenvalue weighted by Crippen LogP contribution is 2.16. The zero-order valence-electron chi connectivity index (χ0n) is 16.3. The van der Waals surface area contributed by atoms with Gasteiger partial charge in [-0.15, -0.1) is 0 Å². The Morgan fingerprint density at radius 1 is 1.04 bits per heavy atom. The van der Waals surface area contributed by atoms with Crippen molar-refractivity contribution < 1.29 is 14.3 Å². The molecule has 2 amide bonds. The van der Waals surface area contributed by atoms with Gasteiger partial charge in [0.2, 0.25) is 5.91 Å². The number of rotatable bonds is 9. The molecule has 2 rings (SSSR count). The number of hydrogen-bond acceptors (Lipinski definition) is 3. The number of nitrogens with one attached hydrogen (secondary N) is 2. The van der Waals surface area contributed by atoms with Crippen LogP contribution in [-0.2, 0) is 16.0 Å². The second-order valence-electron chi connectivity index (χ2n) is 6.61. The topological polar surface area (TPSA) is 67.4 Å². The lowest BCUT2D eigenvalue weighted by atomic mass is 10.0. The van der Waals surface area contributed by atoms with Crippen molar-refractivity contribution in [2.24, 2.45) is 0 Å². The van der Waals surface area contributed by atoms with Gasteiger partial charge in [-0.25, -0.2) is 0 Å². The predicted octanol–water partition coefficient (Wildman–Crippen LogP) is 3.64. The summed E-state index contributed by atoms with van der Waals surface area (Å²) >= 11 is 0. The van der Waals surface area contributed by atoms with Crippen LogP contribution in [0.1, 0.15) is 39.9 Å². The molecule has 0 aliphatic heterocycles. The van der Waals surface area contributed by atoms with Crippen LogP contribution in [0.5, 0.6) is 0 Å². The Morgan fingerprint density at radius 3 is 2.56 bits per heavy atom. The number of carbonyl (C=O) groups excluding carboxylic acids is 2. The maximum absolute atomic E-state index is 12.4. The van der Waals surface area contributed by atoms with Crippen molar-refractivity contribution in [2.75, 3.05) is 25.6 Å². The fourth-order valence-corrected chi connectivity index (χ4v) is 2.73. The lowest BCUT2D eigenvalue weighted by Crippen LogP contribution is -2.26. The van der Waals surface area contributed by atoms with Gasteiger partial charge in [0, 0.05) is 26.7 Å². The molecule has 144 valence electrons. The van der Waals surface area contributed by atoms with Gasteiger partial charge in [-0.1, -0.05) is 30.3 Å². The van der Waals surface area contributed by atoms with Crippen molar-refractivity contribution in [3.63, 3.8) is 0 Å². The van der Waals surface area contributed by atoms with E-state index in [4.69, 9.17) is 4.74 Å². The summed E-state index contributed by atoms with van der Waals surface area (Å²) in [7, 11) is 1.63. The number of amides is 2. The van der Waals surface area contributed by atoms with E-state index in [1.807, 2.05) is 0 Å². The molecule has 0 radical (unpaired) electrons. The standard InChI is InChI=1S/C22H28N2O3/c1-16-9-10-18(15-17(16)2)11-12-21(25)24-20-8-5-4-7-19(20)22(26)23-13-6-14-27-3/h4-5,7-10,15H,6,11-14H2,1-3H3,(H,23,26)(H,24,25). The average molecular weight is 368 g/mol. The van der Waals surface area contributed by atoms with Gasteiger partial charge in [-0.3, -0.25) is 9.59 Å². The van der Waals surface area contributed by atoms with E-state index in [0.29, 0.717) is 37.2 Å². The monoisotopic (exact) mass is 368 g/mol. The fraction of sp³-hybridized carbons (Fsp3) is 0.364. The van der Waals surface area contributed by atoms with Gasteiger partial charge in [0.25, 0.3) is 5.91 Å². The molecule has 0 atom stereocenters. The fourth-order valence-electron chi connectivity index (χ4n) is 2.73. The van der Waals surface area contributed by atoms with Crippen LogP contribution in [0.3, 0.4) is 0 Å². The summed E-state index contributed by atoms with van der Waals surface area (Å²) in [5.74, 6) is -0.302. The number of ether oxygens (including phenoxy) is 1. The van der Waals surface area contributed by atoms with Gasteiger partial charge in [0.1, 0.15) is 0 Å². The number of carbonyl (C=O) groups is 2. The summed E-state index contributed by atoms with van der Waals surface area (Å²) < 4.78 is 4.97. The van der Waals surface area contributed by atoms with Gasteiger partial charge >= 0.3 is 0 Å². The molecule has 5 nitrogen and oxygen atoms in total. The first-order valence-corrected chi connectivity index (χ1v) is 9.23. The molecule has 2 aromatic carbocycles. The molecule has 0 aliphatic rings. The smallest absolute Gasteiger partial charge is 0.253 e. The lowest BCUT2D eigenvalue weighted by molar-refractivity contribution is -0.116. The van der Waals surface area contributed by atoms with Crippen molar-refractivity contribution in [1.82, 2.24) is 5.32 Å². The maximum Gasteiger partial charge on any atom is 0.253 e. The van der Waals surface area contributed by atoms with E-state index in [9.17, 15) is 9.59 Å². The molecule has 0 unspecified atom stereocenters. The van der Waals surface area contributed by atoms with Crippen LogP contribution in [0.4, 0.5) is 5.69 Å². The Bertz CT molecular complexity index is 787. The van der Waals surface area contributed by atoms with E-state index in [0.717, 1.165) is 12.0 Å². The molecule has 0 aliphatic carbocycles. The normalized spacial score (nSPS) is 10.5. The molecule has 0 saturated carbocycles. The van der Waals surface area contributed by atoms with Crippen molar-refractivity contribution in [3.8, 4) is 0 Å². The highest BCUT2D eigenvalue weighted by Gasteiger charge is 2.13. The molecule has 27 heavy (non-hydrogen) atoms. The quantitative estimate of drug-likeness (QED) is 0.664. The minimum atomic E-state index is -0.198. The predicted molar refractivity (Wildman–Crippen MR) is 108 cm³/mol. The van der Waals surface area contributed by atoms with Crippen molar-refractivity contribution in [3.05, 3.63) is 64.7 Å². The Morgan fingerprint density at radius 2 is 1.81 bits per heavy atom. The molecular weight excluding hydrogens is 340 g/mol. The largest absolute Gasteiger partial charge is 0.385 e. The molecule has 0 fully saturated rings. The van der Waals surface area contributed by atoms with E-state index in [-0.39, 0.29) is 11.8 Å². The summed E-state index contributed by atoms with van der Waals surface area (Å²) in [5.41, 5.74) is 4.61. The van der Waals surface area contributed by atoms with E-state index in [1.54, 1.807) is 31.4 Å². The minimum absolute atomic E-state index is 0.104. The maximum atomic E-state index is 12.4. The van der Waals surface area contributed by atoms with Crippen molar-refractivity contribution in [1.29, 1.82) is 0 Å². The second-order valence-corrected chi connectivity index (χ2v) is 6.61. The number of aryl methyl sites for hydroxylation is 3. The Kier molecular flexibility index (Phi) is 8.01. The van der Waals surface area contributed by atoms with Crippen molar-refractivity contribution in [2.45, 2.75) is 33.1 Å². The summed E-state index contributed by atoms with van der Waals surface area (Å²) in [6.07, 6.45) is 1.78. The molecule has 2 aromatic rings. The number of hydrogen-bond donors (Lipinski definition) is 2. The number of methoxy groups -OCH3 is 1. The molecule has 5 heteroatoms. The molecule has 0 bridgehead atoms. The summed E-state index contributed by atoms with van der Waals surface area (Å²) in [6.45, 7) is 5.27. The third kappa shape index (κ3) is 6.53. The SMILES string of the molecule is COCCCNC(=O)c1ccccc1NC(=O)CCc1ccc(C)c(C)c1. The molecule has 2 N–H and O–H groups in total. The van der Waals surface area contributed by atoms with E-state index < -0.39 is 0 Å². The zero-order chi connectivity index (χ0) is 19.6. The number of anilines is 1. The van der Waals surface area contributed by atoms with Crippen molar-refractivity contribution >= 4 is 17.5 Å². The molecule has 0 aromatic heterocycles. The van der Waals surface area contributed by atoms with Crippen LogP contribution in [0.25, 0.3) is 0 Å². The van der Waals surface area contributed by atoms with Crippen LogP contribution in [0.15, 0.2) is 42.5 Å². The Balaban J connectivity index is 1.93. The first-order chi connectivity index (χ1) is 13.0. The van der Waals surface area contributed by atoms with Crippen LogP contribution in [0.2, 0.25) is 0 Å². The van der Waals surface area contributed by atoms with Gasteiger partial charge in [0.05, 0.1) is 11.3 Å². The lowest BCUT2D eigenvalue weighted by Gasteiger charge is -2.12. The number of para-hydroxylation sites is 1. The Hall–Kier alpha value is -2.66. The molecule has 0 saturated heterocycles. The first kappa shape index (κ1) is 20.6. The molecule has 0 heterocycles. The molecular formula is C22H28N2O3.